The second kappa shape index (κ2) is 4.57. The van der Waals surface area contributed by atoms with Crippen molar-refractivity contribution >= 4 is 27.3 Å². The maximum atomic E-state index is 5.76. The van der Waals surface area contributed by atoms with Crippen molar-refractivity contribution in [2.45, 2.75) is 6.54 Å². The Labute approximate surface area is 103 Å². The highest BCUT2D eigenvalue weighted by Crippen LogP contribution is 2.18. The second-order valence-electron chi connectivity index (χ2n) is 3.65. The van der Waals surface area contributed by atoms with Crippen molar-refractivity contribution in [1.82, 2.24) is 9.78 Å². The zero-order valence-electron chi connectivity index (χ0n) is 8.94. The highest BCUT2D eigenvalue weighted by Gasteiger charge is 1.99. The van der Waals surface area contributed by atoms with Gasteiger partial charge in [0.25, 0.3) is 0 Å². The first-order valence-corrected chi connectivity index (χ1v) is 5.70. The van der Waals surface area contributed by atoms with Crippen LogP contribution in [0.1, 0.15) is 5.56 Å². The Bertz CT molecular complexity index is 472. The molecule has 84 valence electrons. The van der Waals surface area contributed by atoms with Crippen LogP contribution in [0, 0.1) is 0 Å². The molecule has 0 fully saturated rings. The smallest absolute Gasteiger partial charge is 0.0729 e. The third-order valence-corrected chi connectivity index (χ3v) is 2.64. The van der Waals surface area contributed by atoms with Gasteiger partial charge in [-0.05, 0) is 23.8 Å². The number of aromatic nitrogens is 2. The Hall–Kier alpha value is -1.49. The number of nitrogen functional groups attached to an aromatic ring is 1. The minimum Gasteiger partial charge on any atom is -0.399 e. The molecule has 0 unspecified atom stereocenters. The number of benzene rings is 1. The molecular weight excluding hydrogens is 268 g/mol. The van der Waals surface area contributed by atoms with Crippen molar-refractivity contribution < 1.29 is 0 Å². The molecule has 0 spiro atoms. The van der Waals surface area contributed by atoms with Crippen LogP contribution >= 0.6 is 15.9 Å². The van der Waals surface area contributed by atoms with Gasteiger partial charge in [-0.15, -0.1) is 0 Å². The van der Waals surface area contributed by atoms with E-state index in [1.165, 1.54) is 0 Å². The van der Waals surface area contributed by atoms with Gasteiger partial charge in [-0.3, -0.25) is 4.68 Å². The average Bonchev–Trinajstić information content (AvgIpc) is 2.60. The third kappa shape index (κ3) is 2.76. The van der Waals surface area contributed by atoms with Crippen LogP contribution in [0.5, 0.6) is 0 Å². The van der Waals surface area contributed by atoms with E-state index < -0.39 is 0 Å². The van der Waals surface area contributed by atoms with Crippen LogP contribution in [0.3, 0.4) is 0 Å². The Balaban J connectivity index is 2.04. The summed E-state index contributed by atoms with van der Waals surface area (Å²) >= 11 is 3.42. The summed E-state index contributed by atoms with van der Waals surface area (Å²) < 4.78 is 2.76. The van der Waals surface area contributed by atoms with E-state index in [-0.39, 0.29) is 0 Å². The van der Waals surface area contributed by atoms with E-state index in [2.05, 4.69) is 26.3 Å². The van der Waals surface area contributed by atoms with Gasteiger partial charge < -0.3 is 11.1 Å². The molecule has 1 aromatic heterocycles. The lowest BCUT2D eigenvalue weighted by Gasteiger charge is -2.05. The molecule has 1 aromatic carbocycles. The number of nitrogens with zero attached hydrogens (tertiary/aromatic N) is 2. The minimum atomic E-state index is 0.731. The fourth-order valence-electron chi connectivity index (χ4n) is 1.49. The fraction of sp³-hybridized carbons (Fsp3) is 0.182. The zero-order valence-corrected chi connectivity index (χ0v) is 10.5. The molecule has 0 saturated carbocycles. The van der Waals surface area contributed by atoms with Crippen LogP contribution in [0.25, 0.3) is 0 Å². The maximum Gasteiger partial charge on any atom is 0.0729 e. The summed E-state index contributed by atoms with van der Waals surface area (Å²) in [5.41, 5.74) is 8.66. The number of aryl methyl sites for hydroxylation is 1. The summed E-state index contributed by atoms with van der Waals surface area (Å²) in [4.78, 5) is 0. The number of rotatable bonds is 3. The Morgan fingerprint density at radius 2 is 2.25 bits per heavy atom. The maximum absolute atomic E-state index is 5.76. The number of halogens is 1. The summed E-state index contributed by atoms with van der Waals surface area (Å²) in [7, 11) is 1.89. The largest absolute Gasteiger partial charge is 0.399 e. The molecule has 0 amide bonds. The van der Waals surface area contributed by atoms with Crippen molar-refractivity contribution in [2.75, 3.05) is 11.1 Å². The van der Waals surface area contributed by atoms with E-state index in [9.17, 15) is 0 Å². The molecule has 4 nitrogen and oxygen atoms in total. The summed E-state index contributed by atoms with van der Waals surface area (Å²) in [5.74, 6) is 0. The first-order valence-electron chi connectivity index (χ1n) is 4.91. The molecular formula is C11H13BrN4. The van der Waals surface area contributed by atoms with E-state index in [0.29, 0.717) is 0 Å². The minimum absolute atomic E-state index is 0.731. The summed E-state index contributed by atoms with van der Waals surface area (Å²) in [5, 5.41) is 7.36. The van der Waals surface area contributed by atoms with Crippen molar-refractivity contribution in [3.05, 3.63) is 40.6 Å². The average molecular weight is 281 g/mol. The summed E-state index contributed by atoms with van der Waals surface area (Å²) in [6.07, 6.45) is 3.72. The zero-order chi connectivity index (χ0) is 11.5. The van der Waals surface area contributed by atoms with Crippen molar-refractivity contribution in [3.63, 3.8) is 0 Å². The Morgan fingerprint density at radius 1 is 1.44 bits per heavy atom. The predicted octanol–water partition coefficient (Wildman–Crippen LogP) is 2.38. The first kappa shape index (κ1) is 11.0. The van der Waals surface area contributed by atoms with E-state index in [1.54, 1.807) is 10.9 Å². The molecule has 2 rings (SSSR count). The quantitative estimate of drug-likeness (QED) is 0.849. The number of hydrogen-bond donors (Lipinski definition) is 2. The van der Waals surface area contributed by atoms with Gasteiger partial charge in [-0.1, -0.05) is 15.9 Å². The predicted molar refractivity (Wildman–Crippen MR) is 69.1 cm³/mol. The standard InChI is InChI=1S/C11H13BrN4/c1-16-7-11(6-15-16)14-5-8-2-9(12)4-10(13)3-8/h2-4,6-7,14H,5,13H2,1H3. The highest BCUT2D eigenvalue weighted by molar-refractivity contribution is 9.10. The van der Waals surface area contributed by atoms with E-state index >= 15 is 0 Å². The number of nitrogens with one attached hydrogen (secondary N) is 1. The van der Waals surface area contributed by atoms with Gasteiger partial charge in [0, 0.05) is 29.9 Å². The molecule has 0 atom stereocenters. The molecule has 5 heteroatoms. The molecule has 0 radical (unpaired) electrons. The van der Waals surface area contributed by atoms with Crippen molar-refractivity contribution in [3.8, 4) is 0 Å². The van der Waals surface area contributed by atoms with Crippen LogP contribution in [0.15, 0.2) is 35.1 Å². The lowest BCUT2D eigenvalue weighted by Crippen LogP contribution is -1.99. The highest BCUT2D eigenvalue weighted by atomic mass is 79.9. The van der Waals surface area contributed by atoms with Gasteiger partial charge >= 0.3 is 0 Å². The van der Waals surface area contributed by atoms with Crippen molar-refractivity contribution in [1.29, 1.82) is 0 Å². The SMILES string of the molecule is Cn1cc(NCc2cc(N)cc(Br)c2)cn1. The second-order valence-corrected chi connectivity index (χ2v) is 4.56. The molecule has 16 heavy (non-hydrogen) atoms. The molecule has 2 aromatic rings. The number of nitrogens with two attached hydrogens (primary N) is 1. The Morgan fingerprint density at radius 3 is 2.88 bits per heavy atom. The van der Waals surface area contributed by atoms with Gasteiger partial charge in [0.05, 0.1) is 11.9 Å². The summed E-state index contributed by atoms with van der Waals surface area (Å²) in [6, 6.07) is 5.88. The third-order valence-electron chi connectivity index (χ3n) is 2.18. The molecule has 0 aliphatic carbocycles. The van der Waals surface area contributed by atoms with Crippen LogP contribution in [0.2, 0.25) is 0 Å². The molecule has 3 N–H and O–H groups in total. The molecule has 0 saturated heterocycles. The number of hydrogen-bond acceptors (Lipinski definition) is 3. The van der Waals surface area contributed by atoms with E-state index in [0.717, 1.165) is 28.0 Å². The van der Waals surface area contributed by atoms with Crippen LogP contribution in [0.4, 0.5) is 11.4 Å². The van der Waals surface area contributed by atoms with Gasteiger partial charge in [0.1, 0.15) is 0 Å². The summed E-state index contributed by atoms with van der Waals surface area (Å²) in [6.45, 7) is 0.731. The molecule has 0 aliphatic rings. The lowest BCUT2D eigenvalue weighted by molar-refractivity contribution is 0.768. The molecule has 0 bridgehead atoms. The van der Waals surface area contributed by atoms with Crippen LogP contribution < -0.4 is 11.1 Å². The molecule has 1 heterocycles. The lowest BCUT2D eigenvalue weighted by atomic mass is 10.2. The van der Waals surface area contributed by atoms with Gasteiger partial charge in [0.2, 0.25) is 0 Å². The van der Waals surface area contributed by atoms with E-state index in [4.69, 9.17) is 5.73 Å². The topological polar surface area (TPSA) is 55.9 Å². The normalized spacial score (nSPS) is 10.4. The van der Waals surface area contributed by atoms with Gasteiger partial charge in [0.15, 0.2) is 0 Å². The number of anilines is 2. The van der Waals surface area contributed by atoms with Crippen molar-refractivity contribution in [2.24, 2.45) is 7.05 Å². The van der Waals surface area contributed by atoms with Crippen LogP contribution in [-0.4, -0.2) is 9.78 Å². The first-order chi connectivity index (χ1) is 7.63. The fourth-order valence-corrected chi connectivity index (χ4v) is 2.05. The van der Waals surface area contributed by atoms with Gasteiger partial charge in [-0.25, -0.2) is 0 Å². The Kier molecular flexibility index (Phi) is 3.14. The van der Waals surface area contributed by atoms with E-state index in [1.807, 2.05) is 31.4 Å². The van der Waals surface area contributed by atoms with Crippen LogP contribution in [-0.2, 0) is 13.6 Å². The molecule has 0 aliphatic heterocycles. The monoisotopic (exact) mass is 280 g/mol. The van der Waals surface area contributed by atoms with Gasteiger partial charge in [-0.2, -0.15) is 5.10 Å².